The quantitative estimate of drug-likeness (QED) is 0.821. The topological polar surface area (TPSA) is 47.0 Å². The highest BCUT2D eigenvalue weighted by atomic mass is 35.5. The molecule has 4 nitrogen and oxygen atoms in total. The van der Waals surface area contributed by atoms with Gasteiger partial charge in [0.2, 0.25) is 0 Å². The van der Waals surface area contributed by atoms with Crippen LogP contribution in [0.3, 0.4) is 0 Å². The molecule has 2 heterocycles. The Kier molecular flexibility index (Phi) is 6.89. The van der Waals surface area contributed by atoms with Gasteiger partial charge in [-0.05, 0) is 50.8 Å². The van der Waals surface area contributed by atoms with Crippen molar-refractivity contribution >= 4 is 12.4 Å². The minimum absolute atomic E-state index is 0. The van der Waals surface area contributed by atoms with Crippen LogP contribution in [-0.4, -0.2) is 29.7 Å². The molecule has 0 aliphatic carbocycles. The Morgan fingerprint density at radius 2 is 2.18 bits per heavy atom. The molecular weight excluding hydrogens is 238 g/mol. The maximum Gasteiger partial charge on any atom is 0.316 e. The van der Waals surface area contributed by atoms with Crippen molar-refractivity contribution in [3.05, 3.63) is 18.5 Å². The Morgan fingerprint density at radius 3 is 2.88 bits per heavy atom. The lowest BCUT2D eigenvalue weighted by atomic mass is 9.95. The van der Waals surface area contributed by atoms with Crippen LogP contribution in [0.25, 0.3) is 0 Å². The summed E-state index contributed by atoms with van der Waals surface area (Å²) in [5, 5.41) is 3.43. The van der Waals surface area contributed by atoms with Crippen LogP contribution < -0.4 is 10.1 Å². The number of hydrogen-bond donors (Lipinski definition) is 1. The van der Waals surface area contributed by atoms with Crippen LogP contribution in [0.2, 0.25) is 0 Å². The second kappa shape index (κ2) is 8.25. The first-order chi connectivity index (χ1) is 7.95. The van der Waals surface area contributed by atoms with E-state index in [2.05, 4.69) is 15.3 Å². The summed E-state index contributed by atoms with van der Waals surface area (Å²) in [6, 6.07) is 2.28. The normalized spacial score (nSPS) is 19.4. The Bertz CT molecular complexity index is 291. The third-order valence-electron chi connectivity index (χ3n) is 2.93. The second-order valence-electron chi connectivity index (χ2n) is 4.23. The summed E-state index contributed by atoms with van der Waals surface area (Å²) in [6.45, 7) is 3.08. The zero-order valence-electron chi connectivity index (χ0n) is 9.97. The molecule has 0 saturated carbocycles. The van der Waals surface area contributed by atoms with E-state index in [0.29, 0.717) is 6.01 Å². The molecule has 0 aromatic carbocycles. The minimum Gasteiger partial charge on any atom is -0.463 e. The average Bonchev–Trinajstić information content (AvgIpc) is 2.37. The molecular formula is C12H20ClN3O. The van der Waals surface area contributed by atoms with E-state index in [1.807, 2.05) is 0 Å². The van der Waals surface area contributed by atoms with Gasteiger partial charge in [-0.3, -0.25) is 0 Å². The van der Waals surface area contributed by atoms with Gasteiger partial charge in [-0.25, -0.2) is 9.97 Å². The number of rotatable bonds is 5. The minimum atomic E-state index is 0. The van der Waals surface area contributed by atoms with E-state index in [1.54, 1.807) is 18.5 Å². The van der Waals surface area contributed by atoms with E-state index in [-0.39, 0.29) is 12.4 Å². The molecule has 0 spiro atoms. The summed E-state index contributed by atoms with van der Waals surface area (Å²) in [5.41, 5.74) is 0. The molecule has 1 N–H and O–H groups in total. The van der Waals surface area contributed by atoms with Gasteiger partial charge in [-0.15, -0.1) is 12.4 Å². The molecule has 1 aromatic rings. The van der Waals surface area contributed by atoms with Crippen LogP contribution in [-0.2, 0) is 0 Å². The maximum atomic E-state index is 5.45. The molecule has 0 radical (unpaired) electrons. The lowest BCUT2D eigenvalue weighted by Crippen LogP contribution is -2.29. The molecule has 96 valence electrons. The van der Waals surface area contributed by atoms with Crippen LogP contribution >= 0.6 is 12.4 Å². The fourth-order valence-electron chi connectivity index (χ4n) is 2.07. The molecule has 0 bridgehead atoms. The zero-order chi connectivity index (χ0) is 11.1. The monoisotopic (exact) mass is 257 g/mol. The van der Waals surface area contributed by atoms with Crippen LogP contribution in [0.15, 0.2) is 18.5 Å². The van der Waals surface area contributed by atoms with E-state index in [4.69, 9.17) is 4.74 Å². The van der Waals surface area contributed by atoms with Crippen molar-refractivity contribution in [3.8, 4) is 6.01 Å². The van der Waals surface area contributed by atoms with Gasteiger partial charge in [0.25, 0.3) is 0 Å². The number of halogens is 1. The Labute approximate surface area is 109 Å². The zero-order valence-corrected chi connectivity index (χ0v) is 10.8. The van der Waals surface area contributed by atoms with Gasteiger partial charge >= 0.3 is 6.01 Å². The van der Waals surface area contributed by atoms with Crippen molar-refractivity contribution in [1.29, 1.82) is 0 Å². The molecule has 17 heavy (non-hydrogen) atoms. The molecule has 1 fully saturated rings. The number of nitrogens with one attached hydrogen (secondary N) is 1. The van der Waals surface area contributed by atoms with Gasteiger partial charge in [-0.2, -0.15) is 0 Å². The predicted molar refractivity (Wildman–Crippen MR) is 69.6 cm³/mol. The second-order valence-corrected chi connectivity index (χ2v) is 4.23. The van der Waals surface area contributed by atoms with Gasteiger partial charge in [0.15, 0.2) is 0 Å². The summed E-state index contributed by atoms with van der Waals surface area (Å²) >= 11 is 0. The first kappa shape index (κ1) is 14.2. The highest BCUT2D eigenvalue weighted by Crippen LogP contribution is 2.15. The van der Waals surface area contributed by atoms with Crippen LogP contribution in [0, 0.1) is 5.92 Å². The molecule has 1 unspecified atom stereocenters. The van der Waals surface area contributed by atoms with E-state index < -0.39 is 0 Å². The lowest BCUT2D eigenvalue weighted by Gasteiger charge is -2.22. The molecule has 0 amide bonds. The highest BCUT2D eigenvalue weighted by Gasteiger charge is 2.12. The van der Waals surface area contributed by atoms with Crippen molar-refractivity contribution in [3.63, 3.8) is 0 Å². The molecule has 1 saturated heterocycles. The molecule has 5 heteroatoms. The van der Waals surface area contributed by atoms with E-state index in [1.165, 1.54) is 32.4 Å². The number of ether oxygens (including phenoxy) is 1. The number of hydrogen-bond acceptors (Lipinski definition) is 4. The average molecular weight is 258 g/mol. The first-order valence-electron chi connectivity index (χ1n) is 6.05. The standard InChI is InChI=1S/C12H19N3O.ClH/c1-4-11(10-13-6-1)5-2-9-16-12-14-7-3-8-15-12;/h3,7-8,11,13H,1-2,4-6,9-10H2;1H. The van der Waals surface area contributed by atoms with Gasteiger partial charge in [0, 0.05) is 12.4 Å². The third-order valence-corrected chi connectivity index (χ3v) is 2.93. The van der Waals surface area contributed by atoms with Gasteiger partial charge in [0.05, 0.1) is 6.61 Å². The van der Waals surface area contributed by atoms with E-state index in [9.17, 15) is 0 Å². The van der Waals surface area contributed by atoms with Crippen molar-refractivity contribution in [1.82, 2.24) is 15.3 Å². The molecule has 1 aliphatic rings. The predicted octanol–water partition coefficient (Wildman–Crippen LogP) is 2.06. The Morgan fingerprint density at radius 1 is 1.35 bits per heavy atom. The number of nitrogens with zero attached hydrogens (tertiary/aromatic N) is 2. The summed E-state index contributed by atoms with van der Waals surface area (Å²) < 4.78 is 5.45. The van der Waals surface area contributed by atoms with Gasteiger partial charge in [-0.1, -0.05) is 0 Å². The SMILES string of the molecule is Cl.c1cnc(OCCCC2CCCNC2)nc1. The van der Waals surface area contributed by atoms with Crippen molar-refractivity contribution in [2.45, 2.75) is 25.7 Å². The fourth-order valence-corrected chi connectivity index (χ4v) is 2.07. The van der Waals surface area contributed by atoms with Crippen LogP contribution in [0.1, 0.15) is 25.7 Å². The molecule has 2 rings (SSSR count). The number of aromatic nitrogens is 2. The van der Waals surface area contributed by atoms with Crippen molar-refractivity contribution < 1.29 is 4.74 Å². The van der Waals surface area contributed by atoms with Crippen molar-refractivity contribution in [2.24, 2.45) is 5.92 Å². The smallest absolute Gasteiger partial charge is 0.316 e. The van der Waals surface area contributed by atoms with Crippen molar-refractivity contribution in [2.75, 3.05) is 19.7 Å². The van der Waals surface area contributed by atoms with Crippen LogP contribution in [0.4, 0.5) is 0 Å². The summed E-state index contributed by atoms with van der Waals surface area (Å²) in [4.78, 5) is 8.03. The van der Waals surface area contributed by atoms with E-state index in [0.717, 1.165) is 18.9 Å². The summed E-state index contributed by atoms with van der Waals surface area (Å²) in [5.74, 6) is 0.828. The highest BCUT2D eigenvalue weighted by molar-refractivity contribution is 5.85. The largest absolute Gasteiger partial charge is 0.463 e. The van der Waals surface area contributed by atoms with Gasteiger partial charge < -0.3 is 10.1 Å². The molecule has 1 aliphatic heterocycles. The summed E-state index contributed by atoms with van der Waals surface area (Å²) in [6.07, 6.45) is 8.40. The van der Waals surface area contributed by atoms with E-state index >= 15 is 0 Å². The first-order valence-corrected chi connectivity index (χ1v) is 6.05. The Balaban J connectivity index is 0.00000144. The lowest BCUT2D eigenvalue weighted by molar-refractivity contribution is 0.259. The fraction of sp³-hybridized carbons (Fsp3) is 0.667. The third kappa shape index (κ3) is 5.33. The Hall–Kier alpha value is -0.870. The molecule has 1 atom stereocenters. The maximum absolute atomic E-state index is 5.45. The number of piperidine rings is 1. The van der Waals surface area contributed by atoms with Crippen LogP contribution in [0.5, 0.6) is 6.01 Å². The summed E-state index contributed by atoms with van der Waals surface area (Å²) in [7, 11) is 0. The van der Waals surface area contributed by atoms with Gasteiger partial charge in [0.1, 0.15) is 0 Å². The molecule has 1 aromatic heterocycles.